The van der Waals surface area contributed by atoms with Crippen molar-refractivity contribution in [2.24, 2.45) is 0 Å². The van der Waals surface area contributed by atoms with Crippen molar-refractivity contribution >= 4 is 12.4 Å². The van der Waals surface area contributed by atoms with Crippen LogP contribution in [0.3, 0.4) is 0 Å². The lowest BCUT2D eigenvalue weighted by atomic mass is 10.0. The predicted molar refractivity (Wildman–Crippen MR) is 85.7 cm³/mol. The minimum atomic E-state index is 0. The molecule has 1 heterocycles. The van der Waals surface area contributed by atoms with E-state index < -0.39 is 0 Å². The third-order valence-electron chi connectivity index (χ3n) is 3.75. The summed E-state index contributed by atoms with van der Waals surface area (Å²) in [7, 11) is 3.31. The number of piperazine rings is 1. The van der Waals surface area contributed by atoms with E-state index in [1.807, 2.05) is 18.2 Å². The number of hydrogen-bond acceptors (Lipinski definition) is 5. The van der Waals surface area contributed by atoms with Crippen molar-refractivity contribution in [2.45, 2.75) is 12.5 Å². The van der Waals surface area contributed by atoms with E-state index in [2.05, 4.69) is 10.2 Å². The van der Waals surface area contributed by atoms with Crippen molar-refractivity contribution in [1.29, 1.82) is 0 Å². The minimum Gasteiger partial charge on any atom is -0.497 e. The van der Waals surface area contributed by atoms with Crippen molar-refractivity contribution in [3.63, 3.8) is 0 Å². The largest absolute Gasteiger partial charge is 0.497 e. The third-order valence-corrected chi connectivity index (χ3v) is 3.75. The summed E-state index contributed by atoms with van der Waals surface area (Å²) in [6, 6.07) is 6.14. The van der Waals surface area contributed by atoms with Crippen molar-refractivity contribution in [1.82, 2.24) is 10.2 Å². The van der Waals surface area contributed by atoms with Gasteiger partial charge in [0.25, 0.3) is 0 Å². The third kappa shape index (κ3) is 4.74. The van der Waals surface area contributed by atoms with E-state index in [1.165, 1.54) is 0 Å². The molecule has 1 fully saturated rings. The van der Waals surface area contributed by atoms with E-state index in [0.29, 0.717) is 0 Å². The van der Waals surface area contributed by atoms with Gasteiger partial charge in [0, 0.05) is 44.9 Å². The summed E-state index contributed by atoms with van der Waals surface area (Å²) in [5.74, 6) is 1.58. The fourth-order valence-electron chi connectivity index (χ4n) is 2.70. The van der Waals surface area contributed by atoms with E-state index in [-0.39, 0.29) is 25.1 Å². The number of benzene rings is 1. The van der Waals surface area contributed by atoms with Gasteiger partial charge in [0.1, 0.15) is 11.5 Å². The molecule has 1 atom stereocenters. The van der Waals surface area contributed by atoms with Gasteiger partial charge in [-0.05, 0) is 24.1 Å². The van der Waals surface area contributed by atoms with Crippen LogP contribution in [0.5, 0.6) is 11.5 Å². The van der Waals surface area contributed by atoms with Crippen LogP contribution in [0.4, 0.5) is 0 Å². The fourth-order valence-corrected chi connectivity index (χ4v) is 2.70. The zero-order chi connectivity index (χ0) is 14.4. The lowest BCUT2D eigenvalue weighted by molar-refractivity contribution is 0.140. The van der Waals surface area contributed by atoms with E-state index in [1.54, 1.807) is 14.2 Å². The number of aliphatic hydroxyl groups is 1. The van der Waals surface area contributed by atoms with E-state index in [9.17, 15) is 5.11 Å². The molecule has 1 aromatic rings. The van der Waals surface area contributed by atoms with Gasteiger partial charge in [-0.3, -0.25) is 4.90 Å². The van der Waals surface area contributed by atoms with Gasteiger partial charge in [0.2, 0.25) is 0 Å². The Labute approximate surface area is 132 Å². The average Bonchev–Trinajstić information content (AvgIpc) is 2.52. The van der Waals surface area contributed by atoms with Crippen LogP contribution in [0.15, 0.2) is 18.2 Å². The first-order valence-electron chi connectivity index (χ1n) is 7.07. The van der Waals surface area contributed by atoms with Crippen LogP contribution < -0.4 is 14.8 Å². The second kappa shape index (κ2) is 9.10. The van der Waals surface area contributed by atoms with Gasteiger partial charge in [0.15, 0.2) is 0 Å². The van der Waals surface area contributed by atoms with Crippen LogP contribution in [0, 0.1) is 0 Å². The Morgan fingerprint density at radius 2 is 1.71 bits per heavy atom. The second-order valence-corrected chi connectivity index (χ2v) is 4.96. The van der Waals surface area contributed by atoms with Gasteiger partial charge in [-0.15, -0.1) is 12.4 Å². The second-order valence-electron chi connectivity index (χ2n) is 4.96. The quantitative estimate of drug-likeness (QED) is 0.832. The number of rotatable bonds is 6. The molecule has 1 aromatic carbocycles. The molecule has 120 valence electrons. The molecule has 2 rings (SSSR count). The standard InChI is InChI=1S/C15H24N2O3.ClH/c1-19-13-9-12(10-14(11-13)20-2)15(3-8-18)17-6-4-16-5-7-17;/h9-11,15-16,18H,3-8H2,1-2H3;1H/t15-;/m0./s1. The number of halogens is 1. The SMILES string of the molecule is COc1cc(OC)cc([C@H](CCO)N2CCNCC2)c1.Cl. The Kier molecular flexibility index (Phi) is 7.82. The number of nitrogens with zero attached hydrogens (tertiary/aromatic N) is 1. The molecular formula is C15H25ClN2O3. The molecule has 2 N–H and O–H groups in total. The molecule has 0 aromatic heterocycles. The molecule has 6 heteroatoms. The van der Waals surface area contributed by atoms with Crippen molar-refractivity contribution < 1.29 is 14.6 Å². The molecule has 1 saturated heterocycles. The molecule has 0 amide bonds. The molecule has 0 aliphatic carbocycles. The summed E-state index contributed by atoms with van der Waals surface area (Å²) in [5, 5.41) is 12.7. The van der Waals surface area contributed by atoms with Gasteiger partial charge >= 0.3 is 0 Å². The predicted octanol–water partition coefficient (Wildman–Crippen LogP) is 1.45. The number of hydrogen-bond donors (Lipinski definition) is 2. The van der Waals surface area contributed by atoms with Crippen molar-refractivity contribution in [2.75, 3.05) is 47.0 Å². The van der Waals surface area contributed by atoms with Gasteiger partial charge in [-0.25, -0.2) is 0 Å². The van der Waals surface area contributed by atoms with Crippen LogP contribution in [-0.2, 0) is 0 Å². The first-order chi connectivity index (χ1) is 9.78. The molecule has 0 spiro atoms. The number of methoxy groups -OCH3 is 2. The van der Waals surface area contributed by atoms with Crippen molar-refractivity contribution in [3.05, 3.63) is 23.8 Å². The molecule has 0 radical (unpaired) electrons. The molecule has 21 heavy (non-hydrogen) atoms. The summed E-state index contributed by atoms with van der Waals surface area (Å²) in [5.41, 5.74) is 1.14. The number of nitrogens with one attached hydrogen (secondary N) is 1. The van der Waals surface area contributed by atoms with Gasteiger partial charge in [0.05, 0.1) is 14.2 Å². The van der Waals surface area contributed by atoms with Crippen LogP contribution in [0.2, 0.25) is 0 Å². The average molecular weight is 317 g/mol. The Morgan fingerprint density at radius 1 is 1.14 bits per heavy atom. The zero-order valence-electron chi connectivity index (χ0n) is 12.7. The summed E-state index contributed by atoms with van der Waals surface area (Å²) >= 11 is 0. The maximum absolute atomic E-state index is 9.38. The summed E-state index contributed by atoms with van der Waals surface area (Å²) in [6.07, 6.45) is 0.719. The first kappa shape index (κ1) is 18.0. The monoisotopic (exact) mass is 316 g/mol. The van der Waals surface area contributed by atoms with Crippen LogP contribution in [0.1, 0.15) is 18.0 Å². The van der Waals surface area contributed by atoms with Crippen LogP contribution in [-0.4, -0.2) is 57.0 Å². The lowest BCUT2D eigenvalue weighted by Gasteiger charge is -2.35. The molecular weight excluding hydrogens is 292 g/mol. The molecule has 0 unspecified atom stereocenters. The summed E-state index contributed by atoms with van der Waals surface area (Å²) in [4.78, 5) is 2.40. The minimum absolute atomic E-state index is 0. The fraction of sp³-hybridized carbons (Fsp3) is 0.600. The summed E-state index contributed by atoms with van der Waals surface area (Å²) < 4.78 is 10.7. The number of aliphatic hydroxyl groups excluding tert-OH is 1. The van der Waals surface area contributed by atoms with Gasteiger partial charge in [-0.2, -0.15) is 0 Å². The topological polar surface area (TPSA) is 54.0 Å². The van der Waals surface area contributed by atoms with Crippen LogP contribution >= 0.6 is 12.4 Å². The van der Waals surface area contributed by atoms with E-state index in [0.717, 1.165) is 49.7 Å². The molecule has 0 bridgehead atoms. The Bertz CT molecular complexity index is 403. The van der Waals surface area contributed by atoms with E-state index >= 15 is 0 Å². The highest BCUT2D eigenvalue weighted by atomic mass is 35.5. The Balaban J connectivity index is 0.00000220. The maximum Gasteiger partial charge on any atom is 0.122 e. The molecule has 0 saturated carbocycles. The highest BCUT2D eigenvalue weighted by Gasteiger charge is 2.22. The smallest absolute Gasteiger partial charge is 0.122 e. The molecule has 1 aliphatic rings. The lowest BCUT2D eigenvalue weighted by Crippen LogP contribution is -2.45. The van der Waals surface area contributed by atoms with Gasteiger partial charge in [-0.1, -0.05) is 0 Å². The highest BCUT2D eigenvalue weighted by Crippen LogP contribution is 2.31. The van der Waals surface area contributed by atoms with Crippen LogP contribution in [0.25, 0.3) is 0 Å². The Hall–Kier alpha value is -1.01. The first-order valence-corrected chi connectivity index (χ1v) is 7.07. The highest BCUT2D eigenvalue weighted by molar-refractivity contribution is 5.85. The zero-order valence-corrected chi connectivity index (χ0v) is 13.5. The van der Waals surface area contributed by atoms with Crippen molar-refractivity contribution in [3.8, 4) is 11.5 Å². The van der Waals surface area contributed by atoms with Gasteiger partial charge < -0.3 is 19.9 Å². The molecule has 5 nitrogen and oxygen atoms in total. The number of ether oxygens (including phenoxy) is 2. The normalized spacial score (nSPS) is 16.9. The molecule has 1 aliphatic heterocycles. The van der Waals surface area contributed by atoms with E-state index in [4.69, 9.17) is 9.47 Å². The Morgan fingerprint density at radius 3 is 2.19 bits per heavy atom. The maximum atomic E-state index is 9.38. The summed E-state index contributed by atoms with van der Waals surface area (Å²) in [6.45, 7) is 4.13.